The maximum Gasteiger partial charge on any atom is 0.252 e. The molecule has 2 atom stereocenters. The molecule has 4 aromatic rings. The molecule has 0 aliphatic carbocycles. The summed E-state index contributed by atoms with van der Waals surface area (Å²) in [5, 5.41) is 64.4. The number of amides is 2. The zero-order valence-corrected chi connectivity index (χ0v) is 23.6. The molecule has 218 valence electrons. The van der Waals surface area contributed by atoms with Crippen molar-refractivity contribution in [2.45, 2.75) is 22.0 Å². The van der Waals surface area contributed by atoms with Gasteiger partial charge in [0, 0.05) is 22.9 Å². The summed E-state index contributed by atoms with van der Waals surface area (Å²) in [5.74, 6) is -2.24. The van der Waals surface area contributed by atoms with Crippen LogP contribution in [0.5, 0.6) is 23.0 Å². The van der Waals surface area contributed by atoms with Gasteiger partial charge < -0.3 is 41.3 Å². The minimum Gasteiger partial charge on any atom is -0.504 e. The fourth-order valence-corrected chi connectivity index (χ4v) is 6.20. The van der Waals surface area contributed by atoms with Gasteiger partial charge in [-0.3, -0.25) is 9.59 Å². The second-order valence-electron chi connectivity index (χ2n) is 9.11. The monoisotopic (exact) mass is 608 g/mol. The molecule has 12 heteroatoms. The first-order chi connectivity index (χ1) is 20.1. The molecule has 42 heavy (non-hydrogen) atoms. The average molecular weight is 609 g/mol. The number of rotatable bonds is 11. The maximum absolute atomic E-state index is 13.0. The smallest absolute Gasteiger partial charge is 0.252 e. The number of aromatic hydroxyl groups is 4. The summed E-state index contributed by atoms with van der Waals surface area (Å²) in [6.45, 7) is -0.262. The van der Waals surface area contributed by atoms with Gasteiger partial charge in [0.1, 0.15) is 0 Å². The lowest BCUT2D eigenvalue weighted by Gasteiger charge is -2.15. The van der Waals surface area contributed by atoms with Gasteiger partial charge in [0.25, 0.3) is 11.8 Å². The van der Waals surface area contributed by atoms with Gasteiger partial charge in [-0.2, -0.15) is 0 Å². The molecule has 2 unspecified atom stereocenters. The molecule has 0 heterocycles. The first-order valence-electron chi connectivity index (χ1n) is 12.6. The average Bonchev–Trinajstić information content (AvgIpc) is 3.00. The fraction of sp³-hybridized carbons (Fsp3) is 0.133. The number of nitrogens with one attached hydrogen (secondary N) is 2. The molecule has 0 saturated heterocycles. The van der Waals surface area contributed by atoms with Crippen molar-refractivity contribution in [1.29, 1.82) is 0 Å². The van der Waals surface area contributed by atoms with Gasteiger partial charge >= 0.3 is 0 Å². The second kappa shape index (κ2) is 14.0. The predicted octanol–water partition coefficient (Wildman–Crippen LogP) is 4.24. The Hall–Kier alpha value is -4.36. The van der Waals surface area contributed by atoms with Gasteiger partial charge in [0.05, 0.1) is 23.3 Å². The van der Waals surface area contributed by atoms with Gasteiger partial charge in [-0.25, -0.2) is 0 Å². The van der Waals surface area contributed by atoms with E-state index < -0.39 is 24.0 Å². The van der Waals surface area contributed by atoms with E-state index in [1.165, 1.54) is 58.0 Å². The lowest BCUT2D eigenvalue weighted by atomic mass is 10.1. The number of phenols is 4. The highest BCUT2D eigenvalue weighted by atomic mass is 33.1. The van der Waals surface area contributed by atoms with Crippen molar-refractivity contribution in [3.05, 3.63) is 107 Å². The Balaban J connectivity index is 1.38. The lowest BCUT2D eigenvalue weighted by Crippen LogP contribution is -2.28. The van der Waals surface area contributed by atoms with Crippen LogP contribution in [0.4, 0.5) is 0 Å². The van der Waals surface area contributed by atoms with Crippen molar-refractivity contribution >= 4 is 33.4 Å². The van der Waals surface area contributed by atoms with E-state index >= 15 is 0 Å². The summed E-state index contributed by atoms with van der Waals surface area (Å²) in [4.78, 5) is 27.2. The number of benzene rings is 4. The number of hydrogen-bond donors (Lipinski definition) is 8. The molecular formula is C30H28N2O8S2. The summed E-state index contributed by atoms with van der Waals surface area (Å²) < 4.78 is 0. The van der Waals surface area contributed by atoms with Crippen LogP contribution in [0.3, 0.4) is 0 Å². The number of aliphatic hydroxyl groups is 2. The van der Waals surface area contributed by atoms with E-state index in [1.807, 2.05) is 0 Å². The number of phenolic OH excluding ortho intramolecular Hbond substituents is 4. The van der Waals surface area contributed by atoms with E-state index in [-0.39, 0.29) is 36.1 Å². The van der Waals surface area contributed by atoms with Crippen molar-refractivity contribution in [3.63, 3.8) is 0 Å². The molecule has 0 fully saturated rings. The summed E-state index contributed by atoms with van der Waals surface area (Å²) >= 11 is 0. The van der Waals surface area contributed by atoms with Crippen LogP contribution in [0, 0.1) is 0 Å². The Bertz CT molecular complexity index is 1470. The van der Waals surface area contributed by atoms with Crippen LogP contribution >= 0.6 is 21.6 Å². The molecule has 2 amide bonds. The van der Waals surface area contributed by atoms with Gasteiger partial charge in [0.15, 0.2) is 23.0 Å². The Morgan fingerprint density at radius 3 is 1.33 bits per heavy atom. The predicted molar refractivity (Wildman–Crippen MR) is 159 cm³/mol. The summed E-state index contributed by atoms with van der Waals surface area (Å²) in [7, 11) is 2.54. The third kappa shape index (κ3) is 7.68. The molecule has 0 saturated carbocycles. The molecule has 0 radical (unpaired) electrons. The highest BCUT2D eigenvalue weighted by Crippen LogP contribution is 2.40. The van der Waals surface area contributed by atoms with Crippen LogP contribution in [-0.4, -0.2) is 55.5 Å². The Morgan fingerprint density at radius 2 is 0.952 bits per heavy atom. The lowest BCUT2D eigenvalue weighted by molar-refractivity contribution is 0.0907. The number of carbonyl (C=O) groups is 2. The summed E-state index contributed by atoms with van der Waals surface area (Å²) in [6.07, 6.45) is -2.23. The largest absolute Gasteiger partial charge is 0.504 e. The number of carbonyl (C=O) groups excluding carboxylic acids is 2. The maximum atomic E-state index is 13.0. The van der Waals surface area contributed by atoms with E-state index in [2.05, 4.69) is 10.6 Å². The Morgan fingerprint density at radius 1 is 0.571 bits per heavy atom. The third-order valence-electron chi connectivity index (χ3n) is 6.17. The quantitative estimate of drug-likeness (QED) is 0.0907. The molecule has 0 aliphatic rings. The van der Waals surface area contributed by atoms with Crippen LogP contribution in [-0.2, 0) is 0 Å². The molecule has 0 aromatic heterocycles. The molecule has 0 bridgehead atoms. The standard InChI is InChI=1S/C30H28N2O8S2/c33-21-11-9-17(13-23(21)35)25(37)15-31-29(39)19-5-1-3-7-27(19)41-42-28-8-4-2-6-20(28)30(40)32-16-26(38)18-10-12-22(34)24(36)14-18/h1-14,25-26,33-38H,15-16H2,(H,31,39)(H,32,40). The molecule has 8 N–H and O–H groups in total. The van der Waals surface area contributed by atoms with Gasteiger partial charge in [-0.15, -0.1) is 0 Å². The van der Waals surface area contributed by atoms with Gasteiger partial charge in [0.2, 0.25) is 0 Å². The minimum absolute atomic E-state index is 0.131. The number of aliphatic hydroxyl groups excluding tert-OH is 2. The van der Waals surface area contributed by atoms with E-state index in [0.717, 1.165) is 0 Å². The van der Waals surface area contributed by atoms with Crippen molar-refractivity contribution in [2.75, 3.05) is 13.1 Å². The van der Waals surface area contributed by atoms with E-state index in [4.69, 9.17) is 0 Å². The highest BCUT2D eigenvalue weighted by Gasteiger charge is 2.18. The first-order valence-corrected chi connectivity index (χ1v) is 14.8. The molecule has 4 rings (SSSR count). The van der Waals surface area contributed by atoms with Crippen LogP contribution in [0.15, 0.2) is 94.7 Å². The molecule has 10 nitrogen and oxygen atoms in total. The molecule has 0 spiro atoms. The SMILES string of the molecule is O=C(NCC(O)c1ccc(O)c(O)c1)c1ccccc1SSc1ccccc1C(=O)NCC(O)c1ccc(O)c(O)c1. The first kappa shape index (κ1) is 30.6. The molecular weight excluding hydrogens is 580 g/mol. The molecule has 0 aliphatic heterocycles. The summed E-state index contributed by atoms with van der Waals surface area (Å²) in [6, 6.07) is 21.6. The topological polar surface area (TPSA) is 180 Å². The van der Waals surface area contributed by atoms with Crippen molar-refractivity contribution < 1.29 is 40.2 Å². The van der Waals surface area contributed by atoms with Crippen molar-refractivity contribution in [3.8, 4) is 23.0 Å². The van der Waals surface area contributed by atoms with E-state index in [1.54, 1.807) is 48.5 Å². The van der Waals surface area contributed by atoms with Crippen LogP contribution < -0.4 is 10.6 Å². The highest BCUT2D eigenvalue weighted by molar-refractivity contribution is 8.76. The van der Waals surface area contributed by atoms with Crippen LogP contribution in [0.2, 0.25) is 0 Å². The second-order valence-corrected chi connectivity index (χ2v) is 11.3. The minimum atomic E-state index is -1.11. The fourth-order valence-electron chi connectivity index (χ4n) is 3.84. The van der Waals surface area contributed by atoms with E-state index in [9.17, 15) is 40.2 Å². The summed E-state index contributed by atoms with van der Waals surface area (Å²) in [5.41, 5.74) is 1.37. The molecule has 4 aromatic carbocycles. The van der Waals surface area contributed by atoms with E-state index in [0.29, 0.717) is 32.0 Å². The van der Waals surface area contributed by atoms with Crippen molar-refractivity contribution in [2.24, 2.45) is 0 Å². The van der Waals surface area contributed by atoms with Gasteiger partial charge in [-0.1, -0.05) is 58.0 Å². The normalized spacial score (nSPS) is 12.3. The number of hydrogen-bond acceptors (Lipinski definition) is 10. The zero-order valence-electron chi connectivity index (χ0n) is 22.0. The van der Waals surface area contributed by atoms with Crippen molar-refractivity contribution in [1.82, 2.24) is 10.6 Å². The van der Waals surface area contributed by atoms with Gasteiger partial charge in [-0.05, 0) is 59.7 Å². The third-order valence-corrected chi connectivity index (χ3v) is 8.65. The Kier molecular flexibility index (Phi) is 10.2. The van der Waals surface area contributed by atoms with Crippen LogP contribution in [0.1, 0.15) is 44.1 Å². The Labute approximate surface area is 249 Å². The zero-order chi connectivity index (χ0) is 30.2. The van der Waals surface area contributed by atoms with Crippen LogP contribution in [0.25, 0.3) is 0 Å².